The van der Waals surface area contributed by atoms with Crippen LogP contribution in [0.15, 0.2) is 76.2 Å². The molecule has 1 aliphatic rings. The van der Waals surface area contributed by atoms with Crippen molar-refractivity contribution in [3.05, 3.63) is 97.2 Å². The van der Waals surface area contributed by atoms with Crippen LogP contribution in [0, 0.1) is 0 Å². The van der Waals surface area contributed by atoms with Crippen molar-refractivity contribution in [3.8, 4) is 17.2 Å². The molecule has 0 aliphatic carbocycles. The number of esters is 2. The van der Waals surface area contributed by atoms with Crippen molar-refractivity contribution in [1.29, 1.82) is 0 Å². The lowest BCUT2D eigenvalue weighted by molar-refractivity contribution is -0.145. The van der Waals surface area contributed by atoms with E-state index in [9.17, 15) is 14.4 Å². The molecule has 0 radical (unpaired) electrons. The van der Waals surface area contributed by atoms with Crippen LogP contribution in [0.3, 0.4) is 0 Å². The molecule has 0 amide bonds. The van der Waals surface area contributed by atoms with E-state index in [1.807, 2.05) is 44.2 Å². The first-order chi connectivity index (χ1) is 21.4. The molecule has 44 heavy (non-hydrogen) atoms. The fraction of sp³-hybridized carbons (Fsp3) is 0.273. The van der Waals surface area contributed by atoms with Gasteiger partial charge in [0.05, 0.1) is 43.1 Å². The Bertz CT molecular complexity index is 1920. The lowest BCUT2D eigenvalue weighted by atomic mass is 9.97. The van der Waals surface area contributed by atoms with E-state index in [1.165, 1.54) is 29.2 Å². The number of hydrogen-bond acceptors (Lipinski definition) is 10. The summed E-state index contributed by atoms with van der Waals surface area (Å²) in [6, 6.07) is 15.8. The zero-order chi connectivity index (χ0) is 31.2. The Labute approximate surface area is 257 Å². The van der Waals surface area contributed by atoms with E-state index >= 15 is 0 Å². The number of ether oxygens (including phenoxy) is 5. The van der Waals surface area contributed by atoms with Crippen LogP contribution in [0.2, 0.25) is 0 Å². The molecule has 0 unspecified atom stereocenters. The first-order valence-electron chi connectivity index (χ1n) is 14.2. The van der Waals surface area contributed by atoms with Gasteiger partial charge in [0.2, 0.25) is 0 Å². The van der Waals surface area contributed by atoms with Crippen LogP contribution in [0.5, 0.6) is 17.2 Å². The summed E-state index contributed by atoms with van der Waals surface area (Å²) in [5.41, 5.74) is 1.09. The summed E-state index contributed by atoms with van der Waals surface area (Å²) < 4.78 is 29.4. The Morgan fingerprint density at radius 2 is 1.68 bits per heavy atom. The highest BCUT2D eigenvalue weighted by molar-refractivity contribution is 7.07. The minimum Gasteiger partial charge on any atom is -0.490 e. The molecule has 10 nitrogen and oxygen atoms in total. The third kappa shape index (κ3) is 6.09. The van der Waals surface area contributed by atoms with Gasteiger partial charge in [-0.1, -0.05) is 47.7 Å². The molecule has 0 spiro atoms. The number of benzene rings is 3. The molecular formula is C33H32N2O8S. The molecule has 1 aromatic heterocycles. The molecule has 5 rings (SSSR count). The van der Waals surface area contributed by atoms with Crippen molar-refractivity contribution in [1.82, 2.24) is 4.57 Å². The lowest BCUT2D eigenvalue weighted by Crippen LogP contribution is -2.39. The van der Waals surface area contributed by atoms with E-state index in [0.717, 1.165) is 10.8 Å². The number of rotatable bonds is 11. The molecule has 4 aromatic rings. The van der Waals surface area contributed by atoms with Crippen molar-refractivity contribution in [3.63, 3.8) is 0 Å². The highest BCUT2D eigenvalue weighted by atomic mass is 32.1. The van der Waals surface area contributed by atoms with Crippen molar-refractivity contribution >= 4 is 40.1 Å². The summed E-state index contributed by atoms with van der Waals surface area (Å²) >= 11 is 1.18. The quantitative estimate of drug-likeness (QED) is 0.233. The van der Waals surface area contributed by atoms with Gasteiger partial charge in [0.25, 0.3) is 5.56 Å². The normalized spacial score (nSPS) is 14.3. The predicted octanol–water partition coefficient (Wildman–Crippen LogP) is 3.91. The second-order valence-corrected chi connectivity index (χ2v) is 10.5. The molecule has 2 heterocycles. The van der Waals surface area contributed by atoms with Gasteiger partial charge >= 0.3 is 11.9 Å². The van der Waals surface area contributed by atoms with Gasteiger partial charge in [-0.05, 0) is 61.4 Å². The third-order valence-corrected chi connectivity index (χ3v) is 7.86. The van der Waals surface area contributed by atoms with Crippen LogP contribution in [-0.2, 0) is 19.1 Å². The number of methoxy groups -OCH3 is 1. The predicted molar refractivity (Wildman–Crippen MR) is 166 cm³/mol. The molecule has 3 aromatic carbocycles. The minimum atomic E-state index is -0.831. The largest absolute Gasteiger partial charge is 0.490 e. The maximum absolute atomic E-state index is 14.2. The van der Waals surface area contributed by atoms with Crippen LogP contribution < -0.4 is 29.1 Å². The van der Waals surface area contributed by atoms with Gasteiger partial charge in [0, 0.05) is 11.8 Å². The molecule has 0 saturated carbocycles. The van der Waals surface area contributed by atoms with Crippen LogP contribution >= 0.6 is 11.3 Å². The molecule has 228 valence electrons. The smallest absolute Gasteiger partial charge is 0.344 e. The number of thiazole rings is 1. The topological polar surface area (TPSA) is 115 Å². The minimum absolute atomic E-state index is 0.196. The summed E-state index contributed by atoms with van der Waals surface area (Å²) in [6.45, 7) is 6.27. The van der Waals surface area contributed by atoms with E-state index < -0.39 is 18.0 Å². The van der Waals surface area contributed by atoms with Crippen molar-refractivity contribution in [2.24, 2.45) is 4.99 Å². The Hall–Kier alpha value is -4.90. The van der Waals surface area contributed by atoms with Gasteiger partial charge < -0.3 is 23.7 Å². The van der Waals surface area contributed by atoms with Crippen molar-refractivity contribution in [2.45, 2.75) is 26.8 Å². The van der Waals surface area contributed by atoms with Gasteiger partial charge in [-0.2, -0.15) is 0 Å². The number of nitrogens with zero attached hydrogens (tertiary/aromatic N) is 2. The summed E-state index contributed by atoms with van der Waals surface area (Å²) in [5.74, 6) is 0.365. The first-order valence-corrected chi connectivity index (χ1v) is 15.0. The third-order valence-electron chi connectivity index (χ3n) is 6.87. The highest BCUT2D eigenvalue weighted by Gasteiger charge is 2.31. The molecule has 1 atom stereocenters. The Kier molecular flexibility index (Phi) is 9.44. The Morgan fingerprint density at radius 3 is 2.43 bits per heavy atom. The number of aromatic nitrogens is 1. The Morgan fingerprint density at radius 1 is 0.932 bits per heavy atom. The number of fused-ring (bicyclic) bond motifs is 2. The summed E-state index contributed by atoms with van der Waals surface area (Å²) in [5, 5.41) is 1.76. The monoisotopic (exact) mass is 616 g/mol. The van der Waals surface area contributed by atoms with E-state index in [0.29, 0.717) is 50.9 Å². The fourth-order valence-corrected chi connectivity index (χ4v) is 5.96. The second kappa shape index (κ2) is 13.6. The molecule has 0 N–H and O–H groups in total. The molecule has 0 fully saturated rings. The SMILES string of the molecule is CCOC(=O)COc1ccc2ccccc2c1/C=c1/sc2n(c1=O)[C@H](c1ccc(OCC)c(OCC)c1)C(C(=O)OC)=CN=2. The van der Waals surface area contributed by atoms with Gasteiger partial charge in [-0.25, -0.2) is 14.6 Å². The highest BCUT2D eigenvalue weighted by Crippen LogP contribution is 2.35. The van der Waals surface area contributed by atoms with Gasteiger partial charge in [0.1, 0.15) is 5.75 Å². The van der Waals surface area contributed by atoms with E-state index in [4.69, 9.17) is 23.7 Å². The van der Waals surface area contributed by atoms with Gasteiger partial charge in [-0.3, -0.25) is 9.36 Å². The zero-order valence-electron chi connectivity index (χ0n) is 24.8. The maximum Gasteiger partial charge on any atom is 0.344 e. The zero-order valence-corrected chi connectivity index (χ0v) is 25.6. The first kappa shape index (κ1) is 30.6. The second-order valence-electron chi connectivity index (χ2n) is 9.54. The summed E-state index contributed by atoms with van der Waals surface area (Å²) in [6.07, 6.45) is 3.17. The molecular weight excluding hydrogens is 584 g/mol. The van der Waals surface area contributed by atoms with Crippen molar-refractivity contribution < 1.29 is 33.3 Å². The average Bonchev–Trinajstić information content (AvgIpc) is 3.35. The lowest BCUT2D eigenvalue weighted by Gasteiger charge is -2.23. The average molecular weight is 617 g/mol. The molecule has 1 aliphatic heterocycles. The molecule has 0 saturated heterocycles. The maximum atomic E-state index is 14.2. The van der Waals surface area contributed by atoms with Crippen LogP contribution in [0.4, 0.5) is 0 Å². The van der Waals surface area contributed by atoms with Crippen molar-refractivity contribution in [2.75, 3.05) is 33.5 Å². The fourth-order valence-electron chi connectivity index (χ4n) is 5.01. The standard InChI is InChI=1S/C33H32N2O8S/c1-5-40-26-15-13-21(16-27(26)41-6-2)30-24(32(38)39-4)18-34-33-35(30)31(37)28(44-33)17-23-22-11-9-8-10-20(22)12-14-25(23)43-19-29(36)42-7-3/h8-18,30H,5-7,19H2,1-4H3/b28-17+/t30-/m1/s1. The van der Waals surface area contributed by atoms with Crippen LogP contribution in [0.1, 0.15) is 37.9 Å². The van der Waals surface area contributed by atoms with E-state index in [2.05, 4.69) is 4.99 Å². The van der Waals surface area contributed by atoms with Crippen LogP contribution in [0.25, 0.3) is 16.8 Å². The van der Waals surface area contributed by atoms with Gasteiger partial charge in [0.15, 0.2) is 22.9 Å². The van der Waals surface area contributed by atoms with E-state index in [1.54, 1.807) is 37.3 Å². The van der Waals surface area contributed by atoms with Gasteiger partial charge in [-0.15, -0.1) is 0 Å². The molecule has 0 bridgehead atoms. The number of carbonyl (C=O) groups is 2. The van der Waals surface area contributed by atoms with Crippen LogP contribution in [-0.4, -0.2) is 50.0 Å². The van der Waals surface area contributed by atoms with E-state index in [-0.39, 0.29) is 24.3 Å². The summed E-state index contributed by atoms with van der Waals surface area (Å²) in [7, 11) is 1.29. The molecule has 11 heteroatoms. The number of hydrogen-bond donors (Lipinski definition) is 0. The summed E-state index contributed by atoms with van der Waals surface area (Å²) in [4.78, 5) is 44.0. The number of carbonyl (C=O) groups excluding carboxylic acids is 2. The Balaban J connectivity index is 1.68.